The van der Waals surface area contributed by atoms with Crippen molar-refractivity contribution in [2.45, 2.75) is 19.3 Å². The van der Waals surface area contributed by atoms with Crippen molar-refractivity contribution in [1.82, 2.24) is 0 Å². The molecule has 1 aliphatic carbocycles. The van der Waals surface area contributed by atoms with E-state index < -0.39 is 11.6 Å². The van der Waals surface area contributed by atoms with Gasteiger partial charge in [0.15, 0.2) is 0 Å². The van der Waals surface area contributed by atoms with E-state index in [9.17, 15) is 9.59 Å². The maximum Gasteiger partial charge on any atom is 0.233 e. The summed E-state index contributed by atoms with van der Waals surface area (Å²) in [6.45, 7) is 0.524. The Balaban J connectivity index is 1.51. The minimum Gasteiger partial charge on any atom is -0.493 e. The van der Waals surface area contributed by atoms with Crippen molar-refractivity contribution < 1.29 is 14.3 Å². The molecule has 0 aliphatic heterocycles. The lowest BCUT2D eigenvalue weighted by Gasteiger charge is -2.16. The number of rotatable bonds is 7. The van der Waals surface area contributed by atoms with Crippen LogP contribution in [-0.2, 0) is 16.0 Å². The Labute approximate surface area is 147 Å². The van der Waals surface area contributed by atoms with Gasteiger partial charge in [0, 0.05) is 29.9 Å². The van der Waals surface area contributed by atoms with E-state index in [4.69, 9.17) is 4.74 Å². The van der Waals surface area contributed by atoms with Gasteiger partial charge in [-0.05, 0) is 37.0 Å². The van der Waals surface area contributed by atoms with Gasteiger partial charge in [-0.25, -0.2) is 0 Å². The molecule has 4 heteroatoms. The summed E-state index contributed by atoms with van der Waals surface area (Å²) < 4.78 is 5.78. The van der Waals surface area contributed by atoms with Gasteiger partial charge < -0.3 is 10.1 Å². The van der Waals surface area contributed by atoms with Crippen LogP contribution in [0.1, 0.15) is 34.3 Å². The third kappa shape index (κ3) is 3.97. The number of carbonyl (C=O) groups is 2. The summed E-state index contributed by atoms with van der Waals surface area (Å²) in [5, 5.41) is 3.10. The number of ketones is 2. The van der Waals surface area contributed by atoms with Crippen molar-refractivity contribution in [2.75, 3.05) is 19.0 Å². The number of unbranched alkanes of at least 4 members (excludes halogenated alkanes) is 1. The van der Waals surface area contributed by atoms with E-state index in [0.717, 1.165) is 24.9 Å². The first-order valence-corrected chi connectivity index (χ1v) is 8.48. The Morgan fingerprint density at radius 2 is 1.64 bits per heavy atom. The van der Waals surface area contributed by atoms with Gasteiger partial charge in [0.2, 0.25) is 11.6 Å². The highest BCUT2D eigenvalue weighted by Crippen LogP contribution is 2.26. The molecule has 0 aromatic heterocycles. The Morgan fingerprint density at radius 1 is 0.920 bits per heavy atom. The van der Waals surface area contributed by atoms with Crippen molar-refractivity contribution in [3.63, 3.8) is 0 Å². The van der Waals surface area contributed by atoms with Crippen LogP contribution in [0.3, 0.4) is 0 Å². The lowest BCUT2D eigenvalue weighted by atomic mass is 9.94. The molecule has 4 nitrogen and oxygen atoms in total. The average Bonchev–Trinajstić information content (AvgIpc) is 2.66. The fourth-order valence-electron chi connectivity index (χ4n) is 2.86. The second-order valence-electron chi connectivity index (χ2n) is 6.00. The van der Waals surface area contributed by atoms with Crippen LogP contribution >= 0.6 is 0 Å². The van der Waals surface area contributed by atoms with Crippen LogP contribution in [0.25, 0.3) is 5.76 Å². The number of carbonyl (C=O) groups excluding carboxylic acids is 2. The summed E-state index contributed by atoms with van der Waals surface area (Å²) in [7, 11) is 1.91. The zero-order chi connectivity index (χ0) is 17.6. The van der Waals surface area contributed by atoms with Crippen LogP contribution in [0.2, 0.25) is 0 Å². The van der Waals surface area contributed by atoms with E-state index in [2.05, 4.69) is 29.6 Å². The maximum atomic E-state index is 11.9. The molecule has 0 amide bonds. The molecule has 3 rings (SSSR count). The van der Waals surface area contributed by atoms with Crippen molar-refractivity contribution >= 4 is 23.0 Å². The summed E-state index contributed by atoms with van der Waals surface area (Å²) in [5.41, 5.74) is 3.53. The normalized spacial score (nSPS) is 13.2. The Morgan fingerprint density at radius 3 is 2.36 bits per heavy atom. The van der Waals surface area contributed by atoms with Crippen LogP contribution in [0, 0.1) is 0 Å². The van der Waals surface area contributed by atoms with Crippen LogP contribution in [0.15, 0.2) is 54.6 Å². The average molecular weight is 335 g/mol. The number of fused-ring (bicyclic) bond motifs is 1. The molecule has 0 fully saturated rings. The molecule has 128 valence electrons. The van der Waals surface area contributed by atoms with Gasteiger partial charge >= 0.3 is 0 Å². The van der Waals surface area contributed by atoms with Crippen LogP contribution in [0.5, 0.6) is 0 Å². The first-order chi connectivity index (χ1) is 12.2. The second-order valence-corrected chi connectivity index (χ2v) is 6.00. The molecule has 0 atom stereocenters. The molecule has 0 saturated heterocycles. The smallest absolute Gasteiger partial charge is 0.233 e. The summed E-state index contributed by atoms with van der Waals surface area (Å²) in [6.07, 6.45) is 4.18. The quantitative estimate of drug-likeness (QED) is 0.616. The third-order valence-electron chi connectivity index (χ3n) is 4.28. The largest absolute Gasteiger partial charge is 0.493 e. The number of nitrogens with one attached hydrogen (secondary N) is 1. The molecule has 1 aliphatic rings. The minimum absolute atomic E-state index is 0.426. The van der Waals surface area contributed by atoms with Gasteiger partial charge in [-0.1, -0.05) is 36.4 Å². The molecule has 0 spiro atoms. The molecule has 2 aromatic rings. The van der Waals surface area contributed by atoms with Crippen molar-refractivity contribution in [3.8, 4) is 0 Å². The summed E-state index contributed by atoms with van der Waals surface area (Å²) in [6, 6.07) is 15.5. The first kappa shape index (κ1) is 17.0. The molecule has 0 bridgehead atoms. The first-order valence-electron chi connectivity index (χ1n) is 8.48. The molecule has 0 radical (unpaired) electrons. The molecule has 1 N–H and O–H groups in total. The zero-order valence-corrected chi connectivity index (χ0v) is 14.2. The SMILES string of the molecule is CNc1ccc(CCCCOC2=CC(=O)C(=O)c3ccccc32)cc1. The van der Waals surface area contributed by atoms with Crippen molar-refractivity contribution in [2.24, 2.45) is 0 Å². The maximum absolute atomic E-state index is 11.9. The summed E-state index contributed by atoms with van der Waals surface area (Å²) in [5.74, 6) is -0.482. The standard InChI is InChI=1S/C21H21NO3/c1-22-16-11-9-15(10-12-16)6-4-5-13-25-20-14-19(23)21(24)18-8-3-2-7-17(18)20/h2-3,7-12,14,22H,4-6,13H2,1H3. The number of ether oxygens (including phenoxy) is 1. The number of anilines is 1. The summed E-state index contributed by atoms with van der Waals surface area (Å²) >= 11 is 0. The van der Waals surface area contributed by atoms with Crippen LogP contribution in [0.4, 0.5) is 5.69 Å². The van der Waals surface area contributed by atoms with E-state index >= 15 is 0 Å². The molecular formula is C21H21NO3. The number of allylic oxidation sites excluding steroid dienone is 1. The van der Waals surface area contributed by atoms with Gasteiger partial charge in [0.05, 0.1) is 6.61 Å². The van der Waals surface area contributed by atoms with E-state index in [1.165, 1.54) is 11.6 Å². The Bertz CT molecular complexity index is 806. The highest BCUT2D eigenvalue weighted by atomic mass is 16.5. The highest BCUT2D eigenvalue weighted by molar-refractivity contribution is 6.50. The van der Waals surface area contributed by atoms with Gasteiger partial charge in [0.1, 0.15) is 5.76 Å². The number of hydrogen-bond acceptors (Lipinski definition) is 4. The molecule has 25 heavy (non-hydrogen) atoms. The molecule has 0 saturated carbocycles. The van der Waals surface area contributed by atoms with Gasteiger partial charge in [-0.3, -0.25) is 9.59 Å². The molecule has 0 unspecified atom stereocenters. The fourth-order valence-corrected chi connectivity index (χ4v) is 2.86. The predicted octanol–water partition coefficient (Wildman–Crippen LogP) is 3.87. The Kier molecular flexibility index (Phi) is 5.29. The molecular weight excluding hydrogens is 314 g/mol. The number of hydrogen-bond donors (Lipinski definition) is 1. The van der Waals surface area contributed by atoms with Gasteiger partial charge in [-0.2, -0.15) is 0 Å². The van der Waals surface area contributed by atoms with Crippen LogP contribution in [-0.4, -0.2) is 25.2 Å². The number of benzene rings is 2. The van der Waals surface area contributed by atoms with E-state index in [1.54, 1.807) is 12.1 Å². The fraction of sp³-hybridized carbons (Fsp3) is 0.238. The molecule has 0 heterocycles. The van der Waals surface area contributed by atoms with Crippen LogP contribution < -0.4 is 5.32 Å². The lowest BCUT2D eigenvalue weighted by molar-refractivity contribution is -0.111. The zero-order valence-electron chi connectivity index (χ0n) is 14.2. The van der Waals surface area contributed by atoms with E-state index in [1.807, 2.05) is 19.2 Å². The predicted molar refractivity (Wildman–Crippen MR) is 98.6 cm³/mol. The molecule has 2 aromatic carbocycles. The van der Waals surface area contributed by atoms with E-state index in [-0.39, 0.29) is 0 Å². The second kappa shape index (κ2) is 7.79. The Hall–Kier alpha value is -2.88. The third-order valence-corrected chi connectivity index (χ3v) is 4.28. The van der Waals surface area contributed by atoms with Gasteiger partial charge in [-0.15, -0.1) is 0 Å². The number of aryl methyl sites for hydroxylation is 1. The number of Topliss-reactive ketones (excluding diaryl/α,β-unsaturated/α-hetero) is 1. The van der Waals surface area contributed by atoms with Crippen molar-refractivity contribution in [1.29, 1.82) is 0 Å². The topological polar surface area (TPSA) is 55.4 Å². The van der Waals surface area contributed by atoms with Crippen molar-refractivity contribution in [3.05, 3.63) is 71.3 Å². The minimum atomic E-state index is -0.515. The monoisotopic (exact) mass is 335 g/mol. The van der Waals surface area contributed by atoms with E-state index in [0.29, 0.717) is 23.5 Å². The summed E-state index contributed by atoms with van der Waals surface area (Å²) in [4.78, 5) is 23.7. The lowest BCUT2D eigenvalue weighted by Crippen LogP contribution is -2.19. The van der Waals surface area contributed by atoms with Gasteiger partial charge in [0.25, 0.3) is 0 Å². The highest BCUT2D eigenvalue weighted by Gasteiger charge is 2.26.